The third-order valence-corrected chi connectivity index (χ3v) is 4.80. The molecule has 0 fully saturated rings. The first-order chi connectivity index (χ1) is 9.20. The molecule has 1 N–H and O–H groups in total. The molecule has 0 aliphatic heterocycles. The number of rotatable bonds is 12. The van der Waals surface area contributed by atoms with Gasteiger partial charge in [-0.25, -0.2) is 0 Å². The van der Waals surface area contributed by atoms with Gasteiger partial charge in [-0.2, -0.15) is 5.26 Å². The van der Waals surface area contributed by atoms with Crippen LogP contribution in [0.1, 0.15) is 59.3 Å². The number of aliphatic hydroxyl groups is 1. The van der Waals surface area contributed by atoms with Crippen LogP contribution >= 0.6 is 11.8 Å². The molecule has 0 aromatic rings. The molecule has 0 rings (SSSR count). The maximum Gasteiger partial charge on any atom is 0.173 e. The summed E-state index contributed by atoms with van der Waals surface area (Å²) in [7, 11) is 0. The highest BCUT2D eigenvalue weighted by molar-refractivity contribution is 8.04. The topological polar surface area (TPSA) is 44.0 Å². The number of hydrogen-bond donors (Lipinski definition) is 1. The molecule has 0 bridgehead atoms. The average Bonchev–Trinajstić information content (AvgIpc) is 2.44. The molecule has 0 spiro atoms. The van der Waals surface area contributed by atoms with Crippen molar-refractivity contribution in [2.75, 3.05) is 26.2 Å². The fourth-order valence-corrected chi connectivity index (χ4v) is 3.31. The highest BCUT2D eigenvalue weighted by Crippen LogP contribution is 2.26. The first-order valence-corrected chi connectivity index (χ1v) is 8.60. The van der Waals surface area contributed by atoms with Crippen molar-refractivity contribution in [3.8, 4) is 5.40 Å². The van der Waals surface area contributed by atoms with E-state index in [1.807, 2.05) is 0 Å². The minimum atomic E-state index is 0.0228. The van der Waals surface area contributed by atoms with E-state index < -0.39 is 0 Å². The van der Waals surface area contributed by atoms with Gasteiger partial charge in [-0.15, -0.1) is 0 Å². The number of aliphatic hydroxyl groups excluding tert-OH is 1. The van der Waals surface area contributed by atoms with Crippen LogP contribution < -0.4 is 0 Å². The van der Waals surface area contributed by atoms with Crippen molar-refractivity contribution < 1.29 is 9.59 Å². The van der Waals surface area contributed by atoms with Gasteiger partial charge in [-0.05, 0) is 19.3 Å². The Balaban J connectivity index is 4.99. The molecular weight excluding hydrogens is 256 g/mol. The quantitative estimate of drug-likeness (QED) is 0.338. The summed E-state index contributed by atoms with van der Waals surface area (Å²) in [5.41, 5.74) is 0. The number of hydrogen-bond acceptors (Lipinski definition) is 3. The van der Waals surface area contributed by atoms with Gasteiger partial charge >= 0.3 is 0 Å². The van der Waals surface area contributed by atoms with Crippen LogP contribution in [0.2, 0.25) is 0 Å². The average molecular weight is 287 g/mol. The van der Waals surface area contributed by atoms with Crippen LogP contribution in [-0.4, -0.2) is 41.2 Å². The lowest BCUT2D eigenvalue weighted by atomic mass is 10.1. The number of nitrogens with zero attached hydrogens (tertiary/aromatic N) is 2. The van der Waals surface area contributed by atoms with Crippen LogP contribution in [0.25, 0.3) is 0 Å². The minimum absolute atomic E-state index is 0.0228. The van der Waals surface area contributed by atoms with Gasteiger partial charge in [-0.3, -0.25) is 0 Å². The van der Waals surface area contributed by atoms with Crippen molar-refractivity contribution in [1.82, 2.24) is 0 Å². The molecule has 0 aliphatic carbocycles. The Morgan fingerprint density at radius 3 is 1.68 bits per heavy atom. The molecule has 0 saturated heterocycles. The number of thiocyanates is 1. The molecule has 112 valence electrons. The molecule has 0 heterocycles. The van der Waals surface area contributed by atoms with Gasteiger partial charge in [0, 0.05) is 11.8 Å². The van der Waals surface area contributed by atoms with Crippen LogP contribution in [0.3, 0.4) is 0 Å². The van der Waals surface area contributed by atoms with E-state index in [4.69, 9.17) is 5.26 Å². The van der Waals surface area contributed by atoms with Crippen molar-refractivity contribution in [3.05, 3.63) is 0 Å². The van der Waals surface area contributed by atoms with E-state index in [-0.39, 0.29) is 12.0 Å². The van der Waals surface area contributed by atoms with Crippen LogP contribution in [0.5, 0.6) is 0 Å². The lowest BCUT2D eigenvalue weighted by Crippen LogP contribution is -2.57. The lowest BCUT2D eigenvalue weighted by molar-refractivity contribution is -0.938. The lowest BCUT2D eigenvalue weighted by Gasteiger charge is -2.43. The van der Waals surface area contributed by atoms with E-state index in [2.05, 4.69) is 26.2 Å². The Hall–Kier alpha value is -0.240. The fourth-order valence-electron chi connectivity index (χ4n) is 2.57. The highest BCUT2D eigenvalue weighted by Gasteiger charge is 2.35. The van der Waals surface area contributed by atoms with Crippen molar-refractivity contribution >= 4 is 11.8 Å². The molecule has 1 unspecified atom stereocenters. The highest BCUT2D eigenvalue weighted by atomic mass is 32.2. The normalized spacial score (nSPS) is 13.2. The Morgan fingerprint density at radius 2 is 1.42 bits per heavy atom. The molecule has 0 radical (unpaired) electrons. The largest absolute Gasteiger partial charge is 0.389 e. The maximum atomic E-state index is 9.70. The maximum absolute atomic E-state index is 9.70. The van der Waals surface area contributed by atoms with E-state index >= 15 is 0 Å². The van der Waals surface area contributed by atoms with Gasteiger partial charge in [-0.1, -0.05) is 40.0 Å². The molecule has 4 heteroatoms. The molecule has 0 amide bonds. The van der Waals surface area contributed by atoms with E-state index in [1.54, 1.807) is 0 Å². The molecule has 3 nitrogen and oxygen atoms in total. The minimum Gasteiger partial charge on any atom is -0.389 e. The standard InChI is InChI=1S/C15H31N2OS/c1-4-7-10-17(11-8-5-2,12-9-6-3)15(13-18)19-14-16/h15,18H,4-13H2,1-3H3/q+1. The zero-order chi connectivity index (χ0) is 14.6. The van der Waals surface area contributed by atoms with E-state index in [0.717, 1.165) is 24.1 Å². The zero-order valence-corrected chi connectivity index (χ0v) is 13.7. The molecular formula is C15H31N2OS+. The summed E-state index contributed by atoms with van der Waals surface area (Å²) >= 11 is 1.26. The Bertz CT molecular complexity index is 231. The summed E-state index contributed by atoms with van der Waals surface area (Å²) in [5.74, 6) is 0. The SMILES string of the molecule is CCCC[N+](CCCC)(CCCC)C(CO)SC#N. The summed E-state index contributed by atoms with van der Waals surface area (Å²) < 4.78 is 0.921. The van der Waals surface area contributed by atoms with Gasteiger partial charge < -0.3 is 9.59 Å². The van der Waals surface area contributed by atoms with Crippen molar-refractivity contribution in [3.63, 3.8) is 0 Å². The Labute approximate surface area is 123 Å². The smallest absolute Gasteiger partial charge is 0.173 e. The molecule has 1 atom stereocenters. The molecule has 0 aromatic heterocycles. The third kappa shape index (κ3) is 6.65. The van der Waals surface area contributed by atoms with Gasteiger partial charge in [0.1, 0.15) is 12.0 Å². The summed E-state index contributed by atoms with van der Waals surface area (Å²) in [4.78, 5) is 0. The second kappa shape index (κ2) is 11.6. The number of nitriles is 1. The van der Waals surface area contributed by atoms with Gasteiger partial charge in [0.15, 0.2) is 5.37 Å². The van der Waals surface area contributed by atoms with E-state index in [9.17, 15) is 5.11 Å². The number of quaternary nitrogens is 1. The van der Waals surface area contributed by atoms with Crippen molar-refractivity contribution in [1.29, 1.82) is 5.26 Å². The zero-order valence-electron chi connectivity index (χ0n) is 12.9. The third-order valence-electron chi connectivity index (χ3n) is 3.83. The summed E-state index contributed by atoms with van der Waals surface area (Å²) in [6.45, 7) is 10.0. The molecule has 0 saturated carbocycles. The van der Waals surface area contributed by atoms with Gasteiger partial charge in [0.25, 0.3) is 0 Å². The Morgan fingerprint density at radius 1 is 1.00 bits per heavy atom. The van der Waals surface area contributed by atoms with E-state index in [1.165, 1.54) is 50.3 Å². The second-order valence-corrected chi connectivity index (χ2v) is 6.26. The van der Waals surface area contributed by atoms with Crippen molar-refractivity contribution in [2.45, 2.75) is 64.7 Å². The van der Waals surface area contributed by atoms with Gasteiger partial charge in [0.05, 0.1) is 19.6 Å². The summed E-state index contributed by atoms with van der Waals surface area (Å²) in [6, 6.07) is 0. The molecule has 0 aliphatic rings. The number of thioether (sulfide) groups is 1. The van der Waals surface area contributed by atoms with E-state index in [0.29, 0.717) is 0 Å². The predicted molar refractivity (Wildman–Crippen MR) is 83.7 cm³/mol. The van der Waals surface area contributed by atoms with Crippen LogP contribution in [0, 0.1) is 10.7 Å². The monoisotopic (exact) mass is 287 g/mol. The fraction of sp³-hybridized carbons (Fsp3) is 0.933. The van der Waals surface area contributed by atoms with Crippen LogP contribution in [0.4, 0.5) is 0 Å². The number of unbranched alkanes of at least 4 members (excludes halogenated alkanes) is 3. The summed E-state index contributed by atoms with van der Waals surface area (Å²) in [5, 5.41) is 20.9. The van der Waals surface area contributed by atoms with Gasteiger partial charge in [0.2, 0.25) is 0 Å². The molecule has 19 heavy (non-hydrogen) atoms. The molecule has 0 aromatic carbocycles. The van der Waals surface area contributed by atoms with Crippen LogP contribution in [0.15, 0.2) is 0 Å². The first kappa shape index (κ1) is 18.8. The second-order valence-electron chi connectivity index (χ2n) is 5.30. The van der Waals surface area contributed by atoms with Crippen molar-refractivity contribution in [2.24, 2.45) is 0 Å². The first-order valence-electron chi connectivity index (χ1n) is 7.72. The predicted octanol–water partition coefficient (Wildman–Crippen LogP) is 3.74. The Kier molecular flexibility index (Phi) is 11.4. The van der Waals surface area contributed by atoms with Crippen LogP contribution in [-0.2, 0) is 0 Å². The summed E-state index contributed by atoms with van der Waals surface area (Å²) in [6.07, 6.45) is 7.05.